The third kappa shape index (κ3) is 4.22. The molecule has 0 radical (unpaired) electrons. The van der Waals surface area contributed by atoms with E-state index in [4.69, 9.17) is 5.11 Å². The molecule has 0 aromatic heterocycles. The molecule has 1 aliphatic carbocycles. The number of piperidine rings is 1. The first kappa shape index (κ1) is 15.3. The summed E-state index contributed by atoms with van der Waals surface area (Å²) in [6.45, 7) is 3.88. The van der Waals surface area contributed by atoms with Gasteiger partial charge in [0.2, 0.25) is 5.91 Å². The van der Waals surface area contributed by atoms with E-state index >= 15 is 0 Å². The molecule has 1 heterocycles. The number of nitrogens with zero attached hydrogens (tertiary/aromatic N) is 1. The van der Waals surface area contributed by atoms with Crippen molar-refractivity contribution in [1.29, 1.82) is 0 Å². The van der Waals surface area contributed by atoms with Crippen molar-refractivity contribution in [2.75, 3.05) is 13.1 Å². The van der Waals surface area contributed by atoms with Gasteiger partial charge >= 0.3 is 5.97 Å². The largest absolute Gasteiger partial charge is 0.481 e. The third-order valence-corrected chi connectivity index (χ3v) is 4.88. The highest BCUT2D eigenvalue weighted by atomic mass is 16.4. The molecule has 1 N–H and O–H groups in total. The van der Waals surface area contributed by atoms with Gasteiger partial charge in [0.25, 0.3) is 0 Å². The van der Waals surface area contributed by atoms with Crippen LogP contribution in [-0.4, -0.2) is 35.0 Å². The Balaban J connectivity index is 1.84. The standard InChI is InChI=1S/C16H27NO3/c1-12-4-2-6-14(10-12)16(20)17-9-3-5-13(11-17)7-8-15(18)19/h12-14H,2-11H2,1H3,(H,18,19)/t12-,13-,14-/m1/s1. The fourth-order valence-corrected chi connectivity index (χ4v) is 3.75. The summed E-state index contributed by atoms with van der Waals surface area (Å²) in [6, 6.07) is 0. The third-order valence-electron chi connectivity index (χ3n) is 4.88. The minimum absolute atomic E-state index is 0.219. The molecule has 2 aliphatic rings. The Morgan fingerprint density at radius 1 is 1.20 bits per heavy atom. The maximum atomic E-state index is 12.6. The van der Waals surface area contributed by atoms with E-state index in [-0.39, 0.29) is 12.3 Å². The predicted molar refractivity (Wildman–Crippen MR) is 77.3 cm³/mol. The Labute approximate surface area is 121 Å². The maximum Gasteiger partial charge on any atom is 0.303 e. The van der Waals surface area contributed by atoms with Crippen LogP contribution in [0.1, 0.15) is 58.3 Å². The van der Waals surface area contributed by atoms with E-state index in [2.05, 4.69) is 6.92 Å². The fourth-order valence-electron chi connectivity index (χ4n) is 3.75. The number of carboxylic acid groups (broad SMARTS) is 1. The summed E-state index contributed by atoms with van der Waals surface area (Å²) in [7, 11) is 0. The molecule has 0 spiro atoms. The van der Waals surface area contributed by atoms with Gasteiger partial charge in [-0.05, 0) is 43.9 Å². The van der Waals surface area contributed by atoms with Crippen LogP contribution >= 0.6 is 0 Å². The van der Waals surface area contributed by atoms with Gasteiger partial charge in [0, 0.05) is 25.4 Å². The van der Waals surface area contributed by atoms with Crippen LogP contribution in [0, 0.1) is 17.8 Å². The maximum absolute atomic E-state index is 12.6. The number of aliphatic carboxylic acids is 1. The smallest absolute Gasteiger partial charge is 0.303 e. The van der Waals surface area contributed by atoms with Crippen molar-refractivity contribution in [1.82, 2.24) is 4.90 Å². The number of carbonyl (C=O) groups is 2. The molecule has 114 valence electrons. The summed E-state index contributed by atoms with van der Waals surface area (Å²) >= 11 is 0. The predicted octanol–water partition coefficient (Wildman–Crippen LogP) is 2.92. The van der Waals surface area contributed by atoms with Gasteiger partial charge in [-0.15, -0.1) is 0 Å². The second kappa shape index (κ2) is 7.09. The molecule has 0 unspecified atom stereocenters. The quantitative estimate of drug-likeness (QED) is 0.862. The summed E-state index contributed by atoms with van der Waals surface area (Å²) in [5, 5.41) is 8.77. The van der Waals surface area contributed by atoms with Crippen LogP contribution in [0.3, 0.4) is 0 Å². The number of rotatable bonds is 4. The molecule has 0 aromatic rings. The molecule has 3 atom stereocenters. The summed E-state index contributed by atoms with van der Waals surface area (Å²) < 4.78 is 0. The Morgan fingerprint density at radius 3 is 2.70 bits per heavy atom. The molecule has 4 heteroatoms. The van der Waals surface area contributed by atoms with Gasteiger partial charge in [0.1, 0.15) is 0 Å². The van der Waals surface area contributed by atoms with Crippen molar-refractivity contribution < 1.29 is 14.7 Å². The molecule has 4 nitrogen and oxygen atoms in total. The number of carbonyl (C=O) groups excluding carboxylic acids is 1. The molecule has 1 aliphatic heterocycles. The van der Waals surface area contributed by atoms with Crippen molar-refractivity contribution >= 4 is 11.9 Å². The first-order valence-electron chi connectivity index (χ1n) is 8.07. The van der Waals surface area contributed by atoms with E-state index in [9.17, 15) is 9.59 Å². The molecule has 1 saturated carbocycles. The van der Waals surface area contributed by atoms with Crippen LogP contribution in [0.15, 0.2) is 0 Å². The first-order valence-corrected chi connectivity index (χ1v) is 8.07. The van der Waals surface area contributed by atoms with E-state index in [1.807, 2.05) is 4.90 Å². The number of hydrogen-bond donors (Lipinski definition) is 1. The van der Waals surface area contributed by atoms with Gasteiger partial charge in [-0.25, -0.2) is 0 Å². The zero-order valence-electron chi connectivity index (χ0n) is 12.5. The average molecular weight is 281 g/mol. The molecule has 2 fully saturated rings. The lowest BCUT2D eigenvalue weighted by atomic mass is 9.81. The van der Waals surface area contributed by atoms with Crippen LogP contribution in [-0.2, 0) is 9.59 Å². The van der Waals surface area contributed by atoms with Crippen molar-refractivity contribution in [2.45, 2.75) is 58.3 Å². The second-order valence-corrected chi connectivity index (χ2v) is 6.69. The van der Waals surface area contributed by atoms with Crippen molar-refractivity contribution in [3.63, 3.8) is 0 Å². The molecular weight excluding hydrogens is 254 g/mol. The van der Waals surface area contributed by atoms with E-state index in [0.29, 0.717) is 24.2 Å². The number of amides is 1. The SMILES string of the molecule is C[C@@H]1CCC[C@@H](C(=O)N2CCC[C@H](CCC(=O)O)C2)C1. The summed E-state index contributed by atoms with van der Waals surface area (Å²) in [5.41, 5.74) is 0. The van der Waals surface area contributed by atoms with Crippen molar-refractivity contribution in [2.24, 2.45) is 17.8 Å². The van der Waals surface area contributed by atoms with Crippen LogP contribution in [0.25, 0.3) is 0 Å². The summed E-state index contributed by atoms with van der Waals surface area (Å²) in [4.78, 5) is 25.3. The minimum Gasteiger partial charge on any atom is -0.481 e. The van der Waals surface area contributed by atoms with Gasteiger partial charge in [-0.2, -0.15) is 0 Å². The van der Waals surface area contributed by atoms with Crippen LogP contribution in [0.4, 0.5) is 0 Å². The van der Waals surface area contributed by atoms with Crippen LogP contribution in [0.5, 0.6) is 0 Å². The summed E-state index contributed by atoms with van der Waals surface area (Å²) in [5.74, 6) is 0.873. The highest BCUT2D eigenvalue weighted by Gasteiger charge is 2.31. The van der Waals surface area contributed by atoms with Crippen LogP contribution in [0.2, 0.25) is 0 Å². The molecule has 0 bridgehead atoms. The Hall–Kier alpha value is -1.06. The second-order valence-electron chi connectivity index (χ2n) is 6.69. The van der Waals surface area contributed by atoms with Gasteiger partial charge in [-0.3, -0.25) is 9.59 Å². The lowest BCUT2D eigenvalue weighted by Crippen LogP contribution is -2.44. The van der Waals surface area contributed by atoms with Gasteiger partial charge < -0.3 is 10.0 Å². The summed E-state index contributed by atoms with van der Waals surface area (Å²) in [6.07, 6.45) is 7.54. The highest BCUT2D eigenvalue weighted by Crippen LogP contribution is 2.31. The molecule has 2 rings (SSSR count). The topological polar surface area (TPSA) is 57.6 Å². The van der Waals surface area contributed by atoms with E-state index in [1.54, 1.807) is 0 Å². The van der Waals surface area contributed by atoms with Gasteiger partial charge in [0.15, 0.2) is 0 Å². The van der Waals surface area contributed by atoms with E-state index < -0.39 is 5.97 Å². The Bertz CT molecular complexity index is 356. The van der Waals surface area contributed by atoms with Gasteiger partial charge in [-0.1, -0.05) is 19.8 Å². The highest BCUT2D eigenvalue weighted by molar-refractivity contribution is 5.79. The monoisotopic (exact) mass is 281 g/mol. The van der Waals surface area contributed by atoms with E-state index in [1.165, 1.54) is 12.8 Å². The minimum atomic E-state index is -0.727. The van der Waals surface area contributed by atoms with Crippen molar-refractivity contribution in [3.8, 4) is 0 Å². The van der Waals surface area contributed by atoms with Crippen LogP contribution < -0.4 is 0 Å². The molecule has 0 aromatic carbocycles. The molecule has 1 saturated heterocycles. The lowest BCUT2D eigenvalue weighted by molar-refractivity contribution is -0.139. The van der Waals surface area contributed by atoms with Crippen molar-refractivity contribution in [3.05, 3.63) is 0 Å². The van der Waals surface area contributed by atoms with Gasteiger partial charge in [0.05, 0.1) is 0 Å². The molecule has 1 amide bonds. The number of hydrogen-bond acceptors (Lipinski definition) is 2. The lowest BCUT2D eigenvalue weighted by Gasteiger charge is -2.36. The Kier molecular flexibility index (Phi) is 5.44. The molecule has 20 heavy (non-hydrogen) atoms. The van der Waals surface area contributed by atoms with E-state index in [0.717, 1.165) is 38.8 Å². The zero-order chi connectivity index (χ0) is 14.5. The normalized spacial score (nSPS) is 31.1. The fraction of sp³-hybridized carbons (Fsp3) is 0.875. The first-order chi connectivity index (χ1) is 9.56. The number of carboxylic acids is 1. The average Bonchev–Trinajstić information content (AvgIpc) is 2.44. The zero-order valence-corrected chi connectivity index (χ0v) is 12.5. The Morgan fingerprint density at radius 2 is 2.00 bits per heavy atom. The molecular formula is C16H27NO3. The number of likely N-dealkylation sites (tertiary alicyclic amines) is 1.